The first-order valence-electron chi connectivity index (χ1n) is 4.02. The molecule has 2 heteroatoms. The van der Waals surface area contributed by atoms with Gasteiger partial charge in [-0.3, -0.25) is 0 Å². The number of rotatable bonds is 6. The molecule has 1 radical (unpaired) electrons. The van der Waals surface area contributed by atoms with Crippen molar-refractivity contribution in [2.75, 3.05) is 6.61 Å². The maximum Gasteiger partial charge on any atom is 0.0431 e. The third kappa shape index (κ3) is 11.4. The number of hydrogen-bond donors (Lipinski definition) is 1. The molecule has 0 aromatic heterocycles. The molecule has 0 aliphatic heterocycles. The fraction of sp³-hybridized carbons (Fsp3) is 1.00. The first kappa shape index (κ1) is 13.2. The molecule has 10 heavy (non-hydrogen) atoms. The van der Waals surface area contributed by atoms with Crippen molar-refractivity contribution in [3.63, 3.8) is 0 Å². The molecule has 0 saturated heterocycles. The summed E-state index contributed by atoms with van der Waals surface area (Å²) in [5.41, 5.74) is 0. The Hall–Kier alpha value is 0.544. The fourth-order valence-corrected chi connectivity index (χ4v) is 0.892. The van der Waals surface area contributed by atoms with Crippen LogP contribution < -0.4 is 0 Å². The molecule has 1 N–H and O–H groups in total. The van der Waals surface area contributed by atoms with Crippen LogP contribution in [0.5, 0.6) is 0 Å². The van der Waals surface area contributed by atoms with E-state index in [0.717, 1.165) is 6.42 Å². The van der Waals surface area contributed by atoms with E-state index in [4.69, 9.17) is 5.11 Å². The molecule has 0 rings (SSSR count). The molecule has 0 amide bonds. The molecule has 0 bridgehead atoms. The van der Waals surface area contributed by atoms with Crippen molar-refractivity contribution >= 4 is 0 Å². The SMILES string of the molecule is CCCCCCCCO.[V]. The van der Waals surface area contributed by atoms with Gasteiger partial charge in [0.15, 0.2) is 0 Å². The minimum Gasteiger partial charge on any atom is -0.396 e. The van der Waals surface area contributed by atoms with E-state index >= 15 is 0 Å². The molecule has 0 spiro atoms. The second kappa shape index (κ2) is 12.2. The second-order valence-electron chi connectivity index (χ2n) is 2.49. The summed E-state index contributed by atoms with van der Waals surface area (Å²) in [7, 11) is 0. The normalized spacial score (nSPS) is 9.00. The van der Waals surface area contributed by atoms with Crippen molar-refractivity contribution in [3.8, 4) is 0 Å². The molecule has 0 fully saturated rings. The van der Waals surface area contributed by atoms with E-state index in [1.807, 2.05) is 0 Å². The molecular formula is C8H18OV. The molecular weight excluding hydrogens is 163 g/mol. The Kier molecular flexibility index (Phi) is 16.1. The van der Waals surface area contributed by atoms with E-state index in [-0.39, 0.29) is 18.6 Å². The Morgan fingerprint density at radius 1 is 0.900 bits per heavy atom. The van der Waals surface area contributed by atoms with E-state index in [1.165, 1.54) is 32.1 Å². The predicted molar refractivity (Wildman–Crippen MR) is 40.5 cm³/mol. The summed E-state index contributed by atoms with van der Waals surface area (Å²) in [5, 5.41) is 8.42. The molecule has 0 aromatic carbocycles. The standard InChI is InChI=1S/C8H18O.V/c1-2-3-4-5-6-7-8-9;/h9H,2-8H2,1H3;. The molecule has 0 atom stereocenters. The molecule has 0 aliphatic carbocycles. The average molecular weight is 181 g/mol. The number of aliphatic hydroxyl groups is 1. The quantitative estimate of drug-likeness (QED) is 0.623. The molecule has 0 saturated carbocycles. The summed E-state index contributed by atoms with van der Waals surface area (Å²) in [5.74, 6) is 0. The van der Waals surface area contributed by atoms with E-state index < -0.39 is 0 Å². The molecule has 0 aromatic rings. The fourth-order valence-electron chi connectivity index (χ4n) is 0.892. The maximum atomic E-state index is 8.42. The summed E-state index contributed by atoms with van der Waals surface area (Å²) in [6, 6.07) is 0. The Bertz CT molecular complexity index is 42.5. The monoisotopic (exact) mass is 181 g/mol. The molecule has 61 valence electrons. The third-order valence-electron chi connectivity index (χ3n) is 1.51. The van der Waals surface area contributed by atoms with Gasteiger partial charge < -0.3 is 5.11 Å². The van der Waals surface area contributed by atoms with Gasteiger partial charge in [0.1, 0.15) is 0 Å². The van der Waals surface area contributed by atoms with Gasteiger partial charge in [0, 0.05) is 25.2 Å². The van der Waals surface area contributed by atoms with Crippen LogP contribution in [-0.4, -0.2) is 11.7 Å². The third-order valence-corrected chi connectivity index (χ3v) is 1.51. The second-order valence-corrected chi connectivity index (χ2v) is 2.49. The van der Waals surface area contributed by atoms with Crippen LogP contribution in [0.2, 0.25) is 0 Å². The minimum absolute atomic E-state index is 0. The number of hydrogen-bond acceptors (Lipinski definition) is 1. The van der Waals surface area contributed by atoms with Gasteiger partial charge in [-0.1, -0.05) is 39.0 Å². The topological polar surface area (TPSA) is 20.2 Å². The zero-order valence-electron chi connectivity index (χ0n) is 6.84. The summed E-state index contributed by atoms with van der Waals surface area (Å²) in [6.07, 6.45) is 7.50. The van der Waals surface area contributed by atoms with Gasteiger partial charge >= 0.3 is 0 Å². The van der Waals surface area contributed by atoms with Gasteiger partial charge in [-0.05, 0) is 6.42 Å². The van der Waals surface area contributed by atoms with E-state index in [9.17, 15) is 0 Å². The Morgan fingerprint density at radius 2 is 1.40 bits per heavy atom. The first-order valence-corrected chi connectivity index (χ1v) is 4.02. The minimum atomic E-state index is 0. The van der Waals surface area contributed by atoms with E-state index in [0.29, 0.717) is 6.61 Å². The van der Waals surface area contributed by atoms with Crippen molar-refractivity contribution in [2.24, 2.45) is 0 Å². The molecule has 0 aliphatic rings. The van der Waals surface area contributed by atoms with Crippen LogP contribution in [0.15, 0.2) is 0 Å². The Balaban J connectivity index is 0. The van der Waals surface area contributed by atoms with Gasteiger partial charge in [-0.25, -0.2) is 0 Å². The molecule has 0 unspecified atom stereocenters. The maximum absolute atomic E-state index is 8.42. The summed E-state index contributed by atoms with van der Waals surface area (Å²) < 4.78 is 0. The average Bonchev–Trinajstić information content (AvgIpc) is 1.89. The Morgan fingerprint density at radius 3 is 1.90 bits per heavy atom. The Labute approximate surface area is 76.1 Å². The van der Waals surface area contributed by atoms with E-state index in [2.05, 4.69) is 6.92 Å². The van der Waals surface area contributed by atoms with Gasteiger partial charge in [0.2, 0.25) is 0 Å². The first-order chi connectivity index (χ1) is 4.41. The van der Waals surface area contributed by atoms with Gasteiger partial charge in [-0.2, -0.15) is 0 Å². The van der Waals surface area contributed by atoms with Crippen molar-refractivity contribution in [2.45, 2.75) is 45.4 Å². The van der Waals surface area contributed by atoms with Crippen LogP contribution >= 0.6 is 0 Å². The van der Waals surface area contributed by atoms with Crippen LogP contribution in [0.1, 0.15) is 45.4 Å². The summed E-state index contributed by atoms with van der Waals surface area (Å²) in [6.45, 7) is 2.58. The van der Waals surface area contributed by atoms with Crippen LogP contribution in [0, 0.1) is 0 Å². The zero-order valence-corrected chi connectivity index (χ0v) is 8.24. The van der Waals surface area contributed by atoms with Crippen LogP contribution in [0.4, 0.5) is 0 Å². The van der Waals surface area contributed by atoms with Gasteiger partial charge in [-0.15, -0.1) is 0 Å². The van der Waals surface area contributed by atoms with Crippen LogP contribution in [0.3, 0.4) is 0 Å². The number of aliphatic hydroxyl groups excluding tert-OH is 1. The zero-order chi connectivity index (χ0) is 6.95. The van der Waals surface area contributed by atoms with Crippen LogP contribution in [-0.2, 0) is 18.6 Å². The van der Waals surface area contributed by atoms with Crippen molar-refractivity contribution in [1.29, 1.82) is 0 Å². The molecule has 1 nitrogen and oxygen atoms in total. The van der Waals surface area contributed by atoms with Gasteiger partial charge in [0.05, 0.1) is 0 Å². The number of unbranched alkanes of at least 4 members (excludes halogenated alkanes) is 5. The van der Waals surface area contributed by atoms with Crippen LogP contribution in [0.25, 0.3) is 0 Å². The van der Waals surface area contributed by atoms with Crippen molar-refractivity contribution in [1.82, 2.24) is 0 Å². The van der Waals surface area contributed by atoms with Crippen molar-refractivity contribution in [3.05, 3.63) is 0 Å². The largest absolute Gasteiger partial charge is 0.396 e. The smallest absolute Gasteiger partial charge is 0.0431 e. The van der Waals surface area contributed by atoms with Crippen molar-refractivity contribution < 1.29 is 23.7 Å². The predicted octanol–water partition coefficient (Wildman–Crippen LogP) is 2.34. The van der Waals surface area contributed by atoms with Gasteiger partial charge in [0.25, 0.3) is 0 Å². The summed E-state index contributed by atoms with van der Waals surface area (Å²) >= 11 is 0. The molecule has 0 heterocycles. The summed E-state index contributed by atoms with van der Waals surface area (Å²) in [4.78, 5) is 0. The van der Waals surface area contributed by atoms with E-state index in [1.54, 1.807) is 0 Å².